The van der Waals surface area contributed by atoms with Crippen molar-refractivity contribution in [3.63, 3.8) is 0 Å². The van der Waals surface area contributed by atoms with Crippen LogP contribution in [0.4, 0.5) is 9.18 Å². The summed E-state index contributed by atoms with van der Waals surface area (Å²) in [5.41, 5.74) is -0.112. The minimum Gasteiger partial charge on any atom is -0.388 e. The molecule has 0 saturated heterocycles. The van der Waals surface area contributed by atoms with Crippen LogP contribution in [0.5, 0.6) is 0 Å². The summed E-state index contributed by atoms with van der Waals surface area (Å²) in [5.74, 6) is -0.298. The summed E-state index contributed by atoms with van der Waals surface area (Å²) in [6.45, 7) is 6.31. The molecule has 122 valence electrons. The Hall–Kier alpha value is -1.62. The fourth-order valence-corrected chi connectivity index (χ4v) is 2.64. The van der Waals surface area contributed by atoms with Crippen LogP contribution in [0.2, 0.25) is 0 Å². The van der Waals surface area contributed by atoms with Crippen molar-refractivity contribution in [2.24, 2.45) is 5.41 Å². The molecule has 1 atom stereocenters. The lowest BCUT2D eigenvalue weighted by atomic mass is 9.80. The van der Waals surface area contributed by atoms with Crippen LogP contribution < -0.4 is 10.6 Å². The zero-order valence-corrected chi connectivity index (χ0v) is 13.4. The van der Waals surface area contributed by atoms with Gasteiger partial charge in [-0.15, -0.1) is 0 Å². The number of urea groups is 1. The first kappa shape index (κ1) is 16.7. The van der Waals surface area contributed by atoms with Crippen LogP contribution in [0.3, 0.4) is 0 Å². The summed E-state index contributed by atoms with van der Waals surface area (Å²) in [4.78, 5) is 12.1. The highest BCUT2D eigenvalue weighted by Crippen LogP contribution is 2.33. The number of nitrogens with one attached hydrogen (secondary N) is 2. The van der Waals surface area contributed by atoms with Crippen LogP contribution in [0.15, 0.2) is 24.3 Å². The van der Waals surface area contributed by atoms with E-state index in [9.17, 15) is 14.3 Å². The van der Waals surface area contributed by atoms with Gasteiger partial charge in [0.25, 0.3) is 0 Å². The van der Waals surface area contributed by atoms with Gasteiger partial charge in [0.15, 0.2) is 0 Å². The predicted octanol–water partition coefficient (Wildman–Crippen LogP) is 3.13. The maximum absolute atomic E-state index is 13.1. The lowest BCUT2D eigenvalue weighted by molar-refractivity contribution is -0.0291. The normalized spacial score (nSPS) is 18.2. The fraction of sp³-hybridized carbons (Fsp3) is 0.588. The summed E-state index contributed by atoms with van der Waals surface area (Å²) in [7, 11) is 0. The number of amides is 2. The van der Waals surface area contributed by atoms with Gasteiger partial charge < -0.3 is 15.7 Å². The Kier molecular flexibility index (Phi) is 4.75. The van der Waals surface area contributed by atoms with Gasteiger partial charge in [0, 0.05) is 6.54 Å². The molecular formula is C17H25FN2O2. The predicted molar refractivity (Wildman–Crippen MR) is 83.9 cm³/mol. The number of hydrogen-bond acceptors (Lipinski definition) is 2. The maximum atomic E-state index is 13.1. The summed E-state index contributed by atoms with van der Waals surface area (Å²) >= 11 is 0. The van der Waals surface area contributed by atoms with Crippen molar-refractivity contribution in [3.8, 4) is 0 Å². The smallest absolute Gasteiger partial charge is 0.315 e. The largest absolute Gasteiger partial charge is 0.388 e. The third kappa shape index (κ3) is 4.19. The lowest BCUT2D eigenvalue weighted by Gasteiger charge is -2.37. The van der Waals surface area contributed by atoms with Gasteiger partial charge in [-0.3, -0.25) is 0 Å². The number of aliphatic hydroxyl groups is 1. The Morgan fingerprint density at radius 2 is 1.91 bits per heavy atom. The molecule has 0 heterocycles. The highest BCUT2D eigenvalue weighted by Gasteiger charge is 2.35. The molecule has 3 N–H and O–H groups in total. The van der Waals surface area contributed by atoms with Crippen LogP contribution in [-0.2, 0) is 0 Å². The van der Waals surface area contributed by atoms with E-state index in [-0.39, 0.29) is 29.8 Å². The molecule has 2 amide bonds. The third-order valence-electron chi connectivity index (χ3n) is 4.21. The van der Waals surface area contributed by atoms with E-state index in [4.69, 9.17) is 0 Å². The first-order chi connectivity index (χ1) is 10.2. The Balaban J connectivity index is 2.00. The number of rotatable bonds is 4. The highest BCUT2D eigenvalue weighted by atomic mass is 19.1. The summed E-state index contributed by atoms with van der Waals surface area (Å²) in [6, 6.07) is 5.60. The number of halogens is 1. The lowest BCUT2D eigenvalue weighted by Crippen LogP contribution is -2.51. The maximum Gasteiger partial charge on any atom is 0.315 e. The second kappa shape index (κ2) is 6.24. The molecule has 0 spiro atoms. The molecule has 0 radical (unpaired) electrons. The average Bonchev–Trinajstić information content (AvgIpc) is 2.40. The monoisotopic (exact) mass is 308 g/mol. The Morgan fingerprint density at radius 3 is 2.36 bits per heavy atom. The van der Waals surface area contributed by atoms with E-state index in [0.717, 1.165) is 24.8 Å². The van der Waals surface area contributed by atoms with Gasteiger partial charge in [-0.1, -0.05) is 32.9 Å². The fourth-order valence-electron chi connectivity index (χ4n) is 2.64. The van der Waals surface area contributed by atoms with E-state index in [1.54, 1.807) is 12.1 Å². The third-order valence-corrected chi connectivity index (χ3v) is 4.21. The number of carbonyl (C=O) groups is 1. The van der Waals surface area contributed by atoms with Crippen LogP contribution in [0.25, 0.3) is 0 Å². The van der Waals surface area contributed by atoms with E-state index >= 15 is 0 Å². The molecule has 1 unspecified atom stereocenters. The first-order valence-electron chi connectivity index (χ1n) is 7.72. The Bertz CT molecular complexity index is 518. The minimum absolute atomic E-state index is 0.220. The van der Waals surface area contributed by atoms with Crippen molar-refractivity contribution in [1.82, 2.24) is 10.6 Å². The molecule has 1 aromatic rings. The number of benzene rings is 1. The molecule has 1 aliphatic carbocycles. The van der Waals surface area contributed by atoms with Gasteiger partial charge in [-0.2, -0.15) is 0 Å². The molecule has 22 heavy (non-hydrogen) atoms. The zero-order valence-electron chi connectivity index (χ0n) is 13.4. The van der Waals surface area contributed by atoms with E-state index in [1.165, 1.54) is 12.1 Å². The first-order valence-corrected chi connectivity index (χ1v) is 7.72. The van der Waals surface area contributed by atoms with Gasteiger partial charge >= 0.3 is 6.03 Å². The van der Waals surface area contributed by atoms with Crippen molar-refractivity contribution in [2.45, 2.75) is 51.7 Å². The quantitative estimate of drug-likeness (QED) is 0.800. The van der Waals surface area contributed by atoms with Gasteiger partial charge in [0.05, 0.1) is 11.6 Å². The van der Waals surface area contributed by atoms with Crippen molar-refractivity contribution in [3.05, 3.63) is 35.6 Å². The molecule has 1 aromatic carbocycles. The molecule has 0 aromatic heterocycles. The SMILES string of the molecule is CC(C)(C)C(NC(=O)NCC1(O)CCC1)c1ccc(F)cc1. The van der Waals surface area contributed by atoms with Crippen LogP contribution >= 0.6 is 0 Å². The van der Waals surface area contributed by atoms with Crippen molar-refractivity contribution < 1.29 is 14.3 Å². The second-order valence-corrected chi connectivity index (χ2v) is 7.26. The zero-order chi connectivity index (χ0) is 16.4. The summed E-state index contributed by atoms with van der Waals surface area (Å²) < 4.78 is 13.1. The Morgan fingerprint density at radius 1 is 1.32 bits per heavy atom. The van der Waals surface area contributed by atoms with Crippen LogP contribution in [-0.4, -0.2) is 23.3 Å². The highest BCUT2D eigenvalue weighted by molar-refractivity contribution is 5.74. The molecule has 2 rings (SSSR count). The van der Waals surface area contributed by atoms with E-state index in [2.05, 4.69) is 10.6 Å². The van der Waals surface area contributed by atoms with Crippen molar-refractivity contribution in [2.75, 3.05) is 6.54 Å². The summed E-state index contributed by atoms with van der Waals surface area (Å²) in [6.07, 6.45) is 2.46. The van der Waals surface area contributed by atoms with Gasteiger partial charge in [0.1, 0.15) is 5.82 Å². The molecule has 1 aliphatic rings. The molecule has 0 aliphatic heterocycles. The standard InChI is InChI=1S/C17H25FN2O2/c1-16(2,3)14(12-5-7-13(18)8-6-12)20-15(21)19-11-17(22)9-4-10-17/h5-8,14,22H,4,9-11H2,1-3H3,(H2,19,20,21). The van der Waals surface area contributed by atoms with E-state index in [0.29, 0.717) is 0 Å². The van der Waals surface area contributed by atoms with Gasteiger partial charge in [-0.05, 0) is 42.4 Å². The van der Waals surface area contributed by atoms with Crippen molar-refractivity contribution >= 4 is 6.03 Å². The average molecular weight is 308 g/mol. The second-order valence-electron chi connectivity index (χ2n) is 7.26. The minimum atomic E-state index is -0.746. The van der Waals surface area contributed by atoms with E-state index < -0.39 is 5.60 Å². The molecular weight excluding hydrogens is 283 g/mol. The van der Waals surface area contributed by atoms with Gasteiger partial charge in [-0.25, -0.2) is 9.18 Å². The van der Waals surface area contributed by atoms with Crippen molar-refractivity contribution in [1.29, 1.82) is 0 Å². The summed E-state index contributed by atoms with van der Waals surface area (Å²) in [5, 5.41) is 15.7. The molecule has 0 bridgehead atoms. The van der Waals surface area contributed by atoms with Gasteiger partial charge in [0.2, 0.25) is 0 Å². The molecule has 1 fully saturated rings. The van der Waals surface area contributed by atoms with Crippen LogP contribution in [0, 0.1) is 11.2 Å². The molecule has 5 heteroatoms. The van der Waals surface area contributed by atoms with E-state index in [1.807, 2.05) is 20.8 Å². The number of hydrogen-bond donors (Lipinski definition) is 3. The Labute approximate surface area is 131 Å². The topological polar surface area (TPSA) is 61.4 Å². The molecule has 4 nitrogen and oxygen atoms in total. The molecule has 1 saturated carbocycles. The number of carbonyl (C=O) groups excluding carboxylic acids is 1. The van der Waals surface area contributed by atoms with Crippen LogP contribution in [0.1, 0.15) is 51.6 Å².